The first-order chi connectivity index (χ1) is 5.04. The molecule has 0 aromatic carbocycles. The number of nitrogens with zero attached hydrogens (tertiary/aromatic N) is 2. The van der Waals surface area contributed by atoms with Crippen molar-refractivity contribution in [3.8, 4) is 0 Å². The van der Waals surface area contributed by atoms with Gasteiger partial charge in [-0.2, -0.15) is 0 Å². The van der Waals surface area contributed by atoms with Crippen LogP contribution in [0.1, 0.15) is 37.2 Å². The van der Waals surface area contributed by atoms with Crippen LogP contribution in [0.25, 0.3) is 0 Å². The molecule has 0 bridgehead atoms. The lowest BCUT2D eigenvalue weighted by Gasteiger charge is -2.12. The molecule has 0 unspecified atom stereocenters. The lowest BCUT2D eigenvalue weighted by molar-refractivity contribution is 0.111. The van der Waals surface area contributed by atoms with Crippen LogP contribution in [-0.2, 0) is 5.41 Å². The zero-order chi connectivity index (χ0) is 8.48. The molecule has 0 saturated carbocycles. The number of aromatic amines is 1. The maximum atomic E-state index is 10.2. The van der Waals surface area contributed by atoms with Crippen LogP contribution >= 0.6 is 0 Å². The highest BCUT2D eigenvalue weighted by Crippen LogP contribution is 2.16. The summed E-state index contributed by atoms with van der Waals surface area (Å²) in [6.45, 7) is 6.01. The summed E-state index contributed by atoms with van der Waals surface area (Å²) in [5.74, 6) is 1.02. The van der Waals surface area contributed by atoms with Crippen molar-refractivity contribution in [2.24, 2.45) is 0 Å². The predicted octanol–water partition coefficient (Wildman–Crippen LogP) is 0.915. The number of aromatic nitrogens is 3. The summed E-state index contributed by atoms with van der Waals surface area (Å²) in [5.41, 5.74) is -0.0751. The summed E-state index contributed by atoms with van der Waals surface area (Å²) >= 11 is 0. The summed E-state index contributed by atoms with van der Waals surface area (Å²) < 4.78 is 0. The van der Waals surface area contributed by atoms with Crippen molar-refractivity contribution in [1.82, 2.24) is 15.2 Å². The van der Waals surface area contributed by atoms with Crippen molar-refractivity contribution in [2.45, 2.75) is 26.2 Å². The van der Waals surface area contributed by atoms with Gasteiger partial charge in [-0.3, -0.25) is 4.79 Å². The van der Waals surface area contributed by atoms with Gasteiger partial charge in [-0.05, 0) is 0 Å². The van der Waals surface area contributed by atoms with Gasteiger partial charge in [-0.1, -0.05) is 20.8 Å². The Kier molecular flexibility index (Phi) is 1.76. The van der Waals surface area contributed by atoms with Gasteiger partial charge in [-0.25, -0.2) is 0 Å². The standard InChI is InChI=1S/C7H11N3O/c1-7(2,3)6-8-5(4-11)9-10-6/h4H,1-3H3,(H,8,9,10). The smallest absolute Gasteiger partial charge is 0.194 e. The Morgan fingerprint density at radius 2 is 2.00 bits per heavy atom. The molecule has 1 N–H and O–H groups in total. The van der Waals surface area contributed by atoms with Gasteiger partial charge in [0.05, 0.1) is 0 Å². The molecule has 4 nitrogen and oxygen atoms in total. The van der Waals surface area contributed by atoms with Gasteiger partial charge in [0.2, 0.25) is 0 Å². The summed E-state index contributed by atoms with van der Waals surface area (Å²) in [6.07, 6.45) is 0.655. The number of aldehydes is 1. The summed E-state index contributed by atoms with van der Waals surface area (Å²) in [6, 6.07) is 0. The van der Waals surface area contributed by atoms with E-state index in [9.17, 15) is 4.79 Å². The van der Waals surface area contributed by atoms with Crippen LogP contribution in [0.15, 0.2) is 0 Å². The summed E-state index contributed by atoms with van der Waals surface area (Å²) in [7, 11) is 0. The second kappa shape index (κ2) is 2.45. The van der Waals surface area contributed by atoms with Gasteiger partial charge >= 0.3 is 0 Å². The van der Waals surface area contributed by atoms with Crippen molar-refractivity contribution in [3.63, 3.8) is 0 Å². The van der Waals surface area contributed by atoms with Crippen molar-refractivity contribution < 1.29 is 4.79 Å². The van der Waals surface area contributed by atoms with E-state index in [2.05, 4.69) is 15.2 Å². The molecule has 0 aliphatic rings. The van der Waals surface area contributed by atoms with Crippen LogP contribution in [0.2, 0.25) is 0 Å². The minimum atomic E-state index is -0.0751. The third-order valence-electron chi connectivity index (χ3n) is 1.33. The Bertz CT molecular complexity index is 259. The molecule has 0 spiro atoms. The van der Waals surface area contributed by atoms with Crippen molar-refractivity contribution in [2.75, 3.05) is 0 Å². The number of nitrogens with one attached hydrogen (secondary N) is 1. The van der Waals surface area contributed by atoms with Crippen LogP contribution in [-0.4, -0.2) is 21.5 Å². The molecule has 1 heterocycles. The Morgan fingerprint density at radius 1 is 1.36 bits per heavy atom. The van der Waals surface area contributed by atoms with E-state index >= 15 is 0 Å². The molecule has 0 radical (unpaired) electrons. The van der Waals surface area contributed by atoms with Gasteiger partial charge in [0, 0.05) is 5.41 Å². The first kappa shape index (κ1) is 7.91. The van der Waals surface area contributed by atoms with Gasteiger partial charge < -0.3 is 4.98 Å². The van der Waals surface area contributed by atoms with E-state index in [-0.39, 0.29) is 11.2 Å². The number of rotatable bonds is 1. The first-order valence-electron chi connectivity index (χ1n) is 3.42. The van der Waals surface area contributed by atoms with Crippen molar-refractivity contribution in [3.05, 3.63) is 11.6 Å². The van der Waals surface area contributed by atoms with Crippen molar-refractivity contribution >= 4 is 6.29 Å². The molecule has 1 rings (SSSR count). The largest absolute Gasteiger partial charge is 0.322 e. The molecular weight excluding hydrogens is 142 g/mol. The Hall–Kier alpha value is -1.19. The van der Waals surface area contributed by atoms with Gasteiger partial charge in [-0.15, -0.1) is 10.2 Å². The summed E-state index contributed by atoms with van der Waals surface area (Å²) in [4.78, 5) is 13.0. The molecule has 0 aliphatic carbocycles. The SMILES string of the molecule is CC(C)(C)c1nnc(C=O)[nH]1. The van der Waals surface area contributed by atoms with Gasteiger partial charge in [0.15, 0.2) is 12.1 Å². The maximum absolute atomic E-state index is 10.2. The van der Waals surface area contributed by atoms with E-state index < -0.39 is 0 Å². The maximum Gasteiger partial charge on any atom is 0.194 e. The first-order valence-corrected chi connectivity index (χ1v) is 3.42. The van der Waals surface area contributed by atoms with Crippen LogP contribution in [0.4, 0.5) is 0 Å². The fourth-order valence-electron chi connectivity index (χ4n) is 0.666. The quantitative estimate of drug-likeness (QED) is 0.610. The number of hydrogen-bond acceptors (Lipinski definition) is 3. The average Bonchev–Trinajstić information content (AvgIpc) is 2.32. The lowest BCUT2D eigenvalue weighted by atomic mass is 9.96. The summed E-state index contributed by atoms with van der Waals surface area (Å²) in [5, 5.41) is 7.45. The predicted molar refractivity (Wildman–Crippen MR) is 40.5 cm³/mol. The number of carbonyl (C=O) groups excluding carboxylic acids is 1. The zero-order valence-corrected chi connectivity index (χ0v) is 6.88. The fraction of sp³-hybridized carbons (Fsp3) is 0.571. The molecule has 0 atom stereocenters. The van der Waals surface area contributed by atoms with E-state index in [1.54, 1.807) is 0 Å². The van der Waals surface area contributed by atoms with E-state index in [0.29, 0.717) is 6.29 Å². The van der Waals surface area contributed by atoms with Crippen LogP contribution in [0.3, 0.4) is 0 Å². The van der Waals surface area contributed by atoms with E-state index in [1.807, 2.05) is 20.8 Å². The lowest BCUT2D eigenvalue weighted by Crippen LogP contribution is -2.13. The molecule has 60 valence electrons. The second-order valence-electron chi connectivity index (χ2n) is 3.43. The van der Waals surface area contributed by atoms with Crippen molar-refractivity contribution in [1.29, 1.82) is 0 Å². The highest BCUT2D eigenvalue weighted by Gasteiger charge is 2.17. The number of H-pyrrole nitrogens is 1. The van der Waals surface area contributed by atoms with Crippen LogP contribution in [0.5, 0.6) is 0 Å². The average molecular weight is 153 g/mol. The third-order valence-corrected chi connectivity index (χ3v) is 1.33. The molecule has 0 aliphatic heterocycles. The molecule has 4 heteroatoms. The molecular formula is C7H11N3O. The van der Waals surface area contributed by atoms with Gasteiger partial charge in [0.1, 0.15) is 5.82 Å². The molecule has 1 aromatic rings. The number of carbonyl (C=O) groups is 1. The Labute approximate surface area is 65.0 Å². The molecule has 1 aromatic heterocycles. The van der Waals surface area contributed by atoms with E-state index in [4.69, 9.17) is 0 Å². The molecule has 0 fully saturated rings. The highest BCUT2D eigenvalue weighted by molar-refractivity contribution is 5.68. The van der Waals surface area contributed by atoms with Gasteiger partial charge in [0.25, 0.3) is 0 Å². The monoisotopic (exact) mass is 153 g/mol. The zero-order valence-electron chi connectivity index (χ0n) is 6.88. The van der Waals surface area contributed by atoms with Crippen LogP contribution in [0, 0.1) is 0 Å². The minimum Gasteiger partial charge on any atom is -0.322 e. The van der Waals surface area contributed by atoms with Crippen LogP contribution < -0.4 is 0 Å². The van der Waals surface area contributed by atoms with E-state index in [1.165, 1.54) is 0 Å². The van der Waals surface area contributed by atoms with E-state index in [0.717, 1.165) is 5.82 Å². The topological polar surface area (TPSA) is 58.6 Å². The Balaban J connectivity index is 2.98. The minimum absolute atomic E-state index is 0.0751. The normalized spacial score (nSPS) is 11.5. The second-order valence-corrected chi connectivity index (χ2v) is 3.43. The molecule has 11 heavy (non-hydrogen) atoms. The Morgan fingerprint density at radius 3 is 2.27 bits per heavy atom. The fourth-order valence-corrected chi connectivity index (χ4v) is 0.666. The highest BCUT2D eigenvalue weighted by atomic mass is 16.1. The number of hydrogen-bond donors (Lipinski definition) is 1. The third kappa shape index (κ3) is 1.63. The molecule has 0 saturated heterocycles. The molecule has 0 amide bonds.